The molecule has 0 aromatic rings. The van der Waals surface area contributed by atoms with E-state index in [0.29, 0.717) is 31.0 Å². The van der Waals surface area contributed by atoms with Crippen molar-refractivity contribution in [2.45, 2.75) is 97.3 Å². The van der Waals surface area contributed by atoms with Gasteiger partial charge < -0.3 is 81.9 Å². The van der Waals surface area contributed by atoms with Gasteiger partial charge in [0.05, 0.1) is 32.7 Å². The Bertz CT molecular complexity index is 2770. The zero-order valence-electron chi connectivity index (χ0n) is 50.0. The van der Waals surface area contributed by atoms with Gasteiger partial charge in [0.25, 0.3) is 0 Å². The number of aliphatic carboxylic acids is 5. The number of carbonyl (C=O) groups is 22. The summed E-state index contributed by atoms with van der Waals surface area (Å²) >= 11 is 0. The number of carbonyl (C=O) groups excluding carboxylic acids is 17. The van der Waals surface area contributed by atoms with Crippen molar-refractivity contribution in [2.24, 2.45) is 0 Å². The summed E-state index contributed by atoms with van der Waals surface area (Å²) in [6.07, 6.45) is -6.04. The molecule has 504 valence electrons. The summed E-state index contributed by atoms with van der Waals surface area (Å²) in [5, 5.41) is 59.5. The Morgan fingerprint density at radius 1 is 0.231 bits per heavy atom. The van der Waals surface area contributed by atoms with Crippen LogP contribution >= 0.6 is 0 Å². The highest BCUT2D eigenvalue weighted by Crippen LogP contribution is 2.06. The second-order valence-electron chi connectivity index (χ2n) is 19.6. The highest BCUT2D eigenvalue weighted by atomic mass is 16.4. The number of carboxylic acids is 5. The number of ketones is 6. The molecule has 11 N–H and O–H groups in total. The van der Waals surface area contributed by atoms with Crippen LogP contribution in [-0.4, -0.2) is 284 Å². The fourth-order valence-electron chi connectivity index (χ4n) is 7.29. The molecular weight excluding hydrogens is 1220 g/mol. The first-order valence-corrected chi connectivity index (χ1v) is 27.8. The maximum absolute atomic E-state index is 12.9. The Morgan fingerprint density at radius 3 is 0.593 bits per heavy atom. The molecule has 0 rings (SSSR count). The lowest BCUT2D eigenvalue weighted by Gasteiger charge is -2.21. The van der Waals surface area contributed by atoms with E-state index in [2.05, 4.69) is 31.9 Å². The van der Waals surface area contributed by atoms with Gasteiger partial charge >= 0.3 is 29.8 Å². The fourth-order valence-corrected chi connectivity index (χ4v) is 7.29. The van der Waals surface area contributed by atoms with E-state index in [4.69, 9.17) is 5.11 Å². The third-order valence-corrected chi connectivity index (χ3v) is 12.0. The van der Waals surface area contributed by atoms with Crippen LogP contribution in [0.5, 0.6) is 0 Å². The van der Waals surface area contributed by atoms with E-state index in [1.165, 1.54) is 0 Å². The number of hydrogen-bond donors (Lipinski definition) is 11. The Hall–Kier alpha value is -10.5. The summed E-state index contributed by atoms with van der Waals surface area (Å²) < 4.78 is 0. The van der Waals surface area contributed by atoms with Gasteiger partial charge in [-0.2, -0.15) is 0 Å². The van der Waals surface area contributed by atoms with Gasteiger partial charge in [0.15, 0.2) is 28.9 Å². The average Bonchev–Trinajstić information content (AvgIpc) is 3.69. The van der Waals surface area contributed by atoms with Gasteiger partial charge in [0.2, 0.25) is 65.0 Å². The number of Topliss-reactive ketones (excluding diaryl/α,β-unsaturated/α-hetero) is 6. The van der Waals surface area contributed by atoms with Crippen molar-refractivity contribution in [3.05, 3.63) is 0 Å². The van der Waals surface area contributed by atoms with Crippen molar-refractivity contribution in [3.63, 3.8) is 0 Å². The quantitative estimate of drug-likeness (QED) is 0.0270. The molecule has 0 aromatic carbocycles. The monoisotopic (exact) mass is 1300 g/mol. The summed E-state index contributed by atoms with van der Waals surface area (Å²) in [6, 6.07) is 0. The van der Waals surface area contributed by atoms with Gasteiger partial charge in [-0.15, -0.1) is 0 Å². The lowest BCUT2D eigenvalue weighted by atomic mass is 10.1. The zero-order chi connectivity index (χ0) is 69.3. The molecule has 0 aliphatic carbocycles. The van der Waals surface area contributed by atoms with E-state index >= 15 is 0 Å². The normalized spacial score (nSPS) is 10.4. The van der Waals surface area contributed by atoms with Crippen LogP contribution in [0.1, 0.15) is 97.3 Å². The molecular formula is C53H75N11O27. The minimum Gasteiger partial charge on any atom is -0.480 e. The molecule has 0 fully saturated rings. The zero-order valence-corrected chi connectivity index (χ0v) is 50.0. The predicted molar refractivity (Wildman–Crippen MR) is 301 cm³/mol. The minimum atomic E-state index is -1.61. The van der Waals surface area contributed by atoms with E-state index in [9.17, 15) is 126 Å². The van der Waals surface area contributed by atoms with Crippen molar-refractivity contribution in [1.29, 1.82) is 0 Å². The second kappa shape index (κ2) is 44.0. The van der Waals surface area contributed by atoms with Crippen molar-refractivity contribution < 1.29 is 131 Å². The highest BCUT2D eigenvalue weighted by Gasteiger charge is 2.27. The molecule has 0 atom stereocenters. The molecule has 0 aromatic heterocycles. The van der Waals surface area contributed by atoms with Crippen LogP contribution in [0, 0.1) is 0 Å². The Labute approximate surface area is 517 Å². The van der Waals surface area contributed by atoms with Crippen molar-refractivity contribution in [1.82, 2.24) is 56.4 Å². The summed E-state index contributed by atoms with van der Waals surface area (Å²) in [7, 11) is 0. The molecule has 0 spiro atoms. The highest BCUT2D eigenvalue weighted by molar-refractivity contribution is 5.98. The summed E-state index contributed by atoms with van der Waals surface area (Å²) in [4.78, 5) is 272. The smallest absolute Gasteiger partial charge is 0.323 e. The minimum absolute atomic E-state index is 0.128. The Morgan fingerprint density at radius 2 is 0.418 bits per heavy atom. The van der Waals surface area contributed by atoms with Gasteiger partial charge in [-0.3, -0.25) is 105 Å². The molecule has 0 radical (unpaired) electrons. The molecule has 0 bridgehead atoms. The van der Waals surface area contributed by atoms with Crippen molar-refractivity contribution in [2.75, 3.05) is 105 Å². The Balaban J connectivity index is 5.16. The molecule has 0 aliphatic heterocycles. The van der Waals surface area contributed by atoms with E-state index in [0.717, 1.165) is 0 Å². The lowest BCUT2D eigenvalue weighted by Crippen LogP contribution is -2.45. The van der Waals surface area contributed by atoms with Crippen molar-refractivity contribution >= 4 is 130 Å². The van der Waals surface area contributed by atoms with Crippen LogP contribution < -0.4 is 31.9 Å². The molecule has 0 aliphatic rings. The van der Waals surface area contributed by atoms with E-state index in [-0.39, 0.29) is 37.9 Å². The first kappa shape index (κ1) is 80.5. The average molecular weight is 1300 g/mol. The number of nitrogens with zero attached hydrogens (tertiary/aromatic N) is 5. The van der Waals surface area contributed by atoms with Crippen LogP contribution in [0.15, 0.2) is 0 Å². The standard InChI is InChI=1S/C53H75N11O27/c1-3-32(65)6-12-44(77)60(27-49(82)83)22-40(73)56-18-34(67)8-14-46(79)62(29-51(86)87)24-42(75)58-20-36(69)10-16-48(81)64(31-53(90)91)26-43(76)59-21-37(70)9-15-47(80)63(30-52(88)89)25-41(74)57-19-35(68)7-13-45(78)61(28-50(84)85)23-39(72)55-17-33(66)5-11-38(71)54-4-2/h3-31H2,1-2H3,(H,54,71)(H,55,72)(H,56,73)(H,57,74)(H,58,75)(H,59,76)(H,82,83)(H,84,85)(H,86,87)(H,88,89)(H,90,91). The Kier molecular flexibility index (Phi) is 39.0. The van der Waals surface area contributed by atoms with Gasteiger partial charge in [0.1, 0.15) is 71.2 Å². The van der Waals surface area contributed by atoms with Crippen LogP contribution in [-0.2, 0) is 105 Å². The largest absolute Gasteiger partial charge is 0.480 e. The third-order valence-electron chi connectivity index (χ3n) is 12.0. The van der Waals surface area contributed by atoms with Gasteiger partial charge in [0, 0.05) is 90.0 Å². The first-order valence-electron chi connectivity index (χ1n) is 27.8. The number of rotatable bonds is 50. The number of nitrogens with one attached hydrogen (secondary N) is 6. The molecule has 0 saturated carbocycles. The topological polar surface area (TPSA) is 565 Å². The second-order valence-corrected chi connectivity index (χ2v) is 19.6. The predicted octanol–water partition coefficient (Wildman–Crippen LogP) is -7.22. The van der Waals surface area contributed by atoms with E-state index in [1.54, 1.807) is 13.8 Å². The number of carboxylic acid groups (broad SMARTS) is 5. The van der Waals surface area contributed by atoms with E-state index in [1.807, 2.05) is 0 Å². The lowest BCUT2D eigenvalue weighted by molar-refractivity contribution is -0.146. The molecule has 11 amide bonds. The summed E-state index contributed by atoms with van der Waals surface area (Å²) in [5.41, 5.74) is 0. The fraction of sp³-hybridized carbons (Fsp3) is 0.585. The van der Waals surface area contributed by atoms with Gasteiger partial charge in [-0.1, -0.05) is 6.92 Å². The SMILES string of the molecule is CCNC(=O)CCC(=O)CNC(=O)CN(CC(=O)O)C(=O)CCC(=O)CNC(=O)CN(CC(=O)O)C(=O)CCC(=O)CNC(=O)CN(CC(=O)O)C(=O)CCC(=O)CNC(=O)CN(CC(=O)O)C(=O)CCC(=O)CNC(=O)CN(CC(=O)O)C(=O)CCC(=O)CC. The van der Waals surface area contributed by atoms with Crippen LogP contribution in [0.25, 0.3) is 0 Å². The molecule has 0 heterocycles. The molecule has 0 saturated heterocycles. The molecule has 38 nitrogen and oxygen atoms in total. The molecule has 91 heavy (non-hydrogen) atoms. The van der Waals surface area contributed by atoms with Crippen LogP contribution in [0.4, 0.5) is 0 Å². The maximum Gasteiger partial charge on any atom is 0.323 e. The van der Waals surface area contributed by atoms with Gasteiger partial charge in [-0.25, -0.2) is 0 Å². The maximum atomic E-state index is 12.9. The summed E-state index contributed by atoms with van der Waals surface area (Å²) in [6.45, 7) is -9.57. The first-order chi connectivity index (χ1) is 42.6. The van der Waals surface area contributed by atoms with Crippen LogP contribution in [0.2, 0.25) is 0 Å². The number of hydrogen-bond acceptors (Lipinski definition) is 22. The van der Waals surface area contributed by atoms with Crippen LogP contribution in [0.3, 0.4) is 0 Å². The van der Waals surface area contributed by atoms with E-state index < -0.39 is 273 Å². The van der Waals surface area contributed by atoms with Gasteiger partial charge in [-0.05, 0) is 6.92 Å². The molecule has 38 heteroatoms. The third kappa shape index (κ3) is 39.9. The molecule has 0 unspecified atom stereocenters. The van der Waals surface area contributed by atoms with Crippen molar-refractivity contribution in [3.8, 4) is 0 Å². The number of amides is 11. The summed E-state index contributed by atoms with van der Waals surface area (Å²) in [5.74, 6) is -22.4.